The van der Waals surface area contributed by atoms with Gasteiger partial charge in [-0.1, -0.05) is 6.42 Å². The zero-order valence-corrected chi connectivity index (χ0v) is 17.8. The van der Waals surface area contributed by atoms with Gasteiger partial charge in [0.2, 0.25) is 0 Å². The van der Waals surface area contributed by atoms with Crippen LogP contribution < -0.4 is 0 Å². The Bertz CT molecular complexity index is 859. The van der Waals surface area contributed by atoms with E-state index in [1.54, 1.807) is 0 Å². The Kier molecular flexibility index (Phi) is 9.10. The van der Waals surface area contributed by atoms with Crippen LogP contribution in [0.1, 0.15) is 40.0 Å². The summed E-state index contributed by atoms with van der Waals surface area (Å²) in [7, 11) is -18.2. The first-order valence-electron chi connectivity index (χ1n) is 7.02. The molecule has 0 rings (SSSR count). The normalized spacial score (nSPS) is 14.5. The van der Waals surface area contributed by atoms with E-state index in [1.165, 1.54) is 20.8 Å². The molecule has 158 valence electrons. The Morgan fingerprint density at radius 3 is 1.73 bits per heavy atom. The molecule has 0 saturated carbocycles. The van der Waals surface area contributed by atoms with Gasteiger partial charge in [0.05, 0.1) is 24.2 Å². The molecule has 16 heteroatoms. The van der Waals surface area contributed by atoms with Crippen molar-refractivity contribution in [3.8, 4) is 0 Å². The molecule has 0 spiro atoms. The average Bonchev–Trinajstić information content (AvgIpc) is 2.25. The largest absolute Gasteiger partial charge is 0.416 e. The standard InChI is InChI=1S/C10H22O12S4/c1-10(2,3)20-26(17,18)22-25(15,16)19-8-6-5-7-9-24(13,14)21-23(4,11)12/h5-9H2,1-4H3. The summed E-state index contributed by atoms with van der Waals surface area (Å²) in [6.45, 7) is 3.61. The lowest BCUT2D eigenvalue weighted by atomic mass is 10.2. The summed E-state index contributed by atoms with van der Waals surface area (Å²) in [6.07, 6.45) is 0.707. The monoisotopic (exact) mass is 462 g/mol. The second kappa shape index (κ2) is 9.22. The van der Waals surface area contributed by atoms with Gasteiger partial charge in [0.1, 0.15) is 0 Å². The van der Waals surface area contributed by atoms with Gasteiger partial charge in [-0.05, 0) is 33.6 Å². The van der Waals surface area contributed by atoms with Crippen LogP contribution in [-0.2, 0) is 56.7 Å². The fraction of sp³-hybridized carbons (Fsp3) is 1.00. The van der Waals surface area contributed by atoms with Crippen LogP contribution in [-0.4, -0.2) is 57.9 Å². The molecule has 0 heterocycles. The topological polar surface area (TPSA) is 173 Å². The highest BCUT2D eigenvalue weighted by atomic mass is 32.3. The first-order chi connectivity index (χ1) is 11.3. The maximum absolute atomic E-state index is 11.4. The fourth-order valence-corrected chi connectivity index (χ4v) is 5.74. The van der Waals surface area contributed by atoms with Gasteiger partial charge < -0.3 is 0 Å². The number of hydrogen-bond donors (Lipinski definition) is 0. The molecular weight excluding hydrogens is 440 g/mol. The zero-order chi connectivity index (χ0) is 20.9. The molecule has 0 aliphatic carbocycles. The van der Waals surface area contributed by atoms with Crippen molar-refractivity contribution < 1.29 is 49.3 Å². The Morgan fingerprint density at radius 2 is 1.27 bits per heavy atom. The van der Waals surface area contributed by atoms with Crippen LogP contribution in [0.3, 0.4) is 0 Å². The molecular formula is C10H22O12S4. The van der Waals surface area contributed by atoms with Gasteiger partial charge in [-0.2, -0.15) is 33.7 Å². The molecule has 26 heavy (non-hydrogen) atoms. The van der Waals surface area contributed by atoms with Crippen LogP contribution in [0, 0.1) is 0 Å². The third kappa shape index (κ3) is 14.8. The molecule has 0 N–H and O–H groups in total. The zero-order valence-electron chi connectivity index (χ0n) is 14.6. The minimum absolute atomic E-state index is 0.0250. The molecule has 0 unspecified atom stereocenters. The van der Waals surface area contributed by atoms with Crippen molar-refractivity contribution in [2.45, 2.75) is 45.6 Å². The lowest BCUT2D eigenvalue weighted by Crippen LogP contribution is -2.27. The molecule has 12 nitrogen and oxygen atoms in total. The molecule has 0 aliphatic rings. The molecule has 0 bridgehead atoms. The number of unbranched alkanes of at least 4 members (excludes halogenated alkanes) is 2. The smallest absolute Gasteiger partial charge is 0.247 e. The van der Waals surface area contributed by atoms with Crippen LogP contribution >= 0.6 is 0 Å². The highest BCUT2D eigenvalue weighted by Crippen LogP contribution is 2.15. The summed E-state index contributed by atoms with van der Waals surface area (Å²) < 4.78 is 106. The summed E-state index contributed by atoms with van der Waals surface area (Å²) in [6, 6.07) is 0. The van der Waals surface area contributed by atoms with Gasteiger partial charge >= 0.3 is 20.8 Å². The maximum atomic E-state index is 11.4. The molecule has 0 atom stereocenters. The Morgan fingerprint density at radius 1 is 0.731 bits per heavy atom. The van der Waals surface area contributed by atoms with E-state index in [0.717, 1.165) is 0 Å². The molecule has 0 aromatic carbocycles. The quantitative estimate of drug-likeness (QED) is 0.350. The van der Waals surface area contributed by atoms with Crippen LogP contribution in [0.15, 0.2) is 0 Å². The van der Waals surface area contributed by atoms with Gasteiger partial charge in [0.15, 0.2) is 0 Å². The fourth-order valence-electron chi connectivity index (χ4n) is 1.38. The summed E-state index contributed by atoms with van der Waals surface area (Å²) in [5.74, 6) is -0.600. The molecule has 0 radical (unpaired) electrons. The van der Waals surface area contributed by atoms with Gasteiger partial charge in [-0.25, -0.2) is 8.37 Å². The predicted molar refractivity (Wildman–Crippen MR) is 89.3 cm³/mol. The van der Waals surface area contributed by atoms with Crippen molar-refractivity contribution >= 4 is 41.0 Å². The van der Waals surface area contributed by atoms with Crippen LogP contribution in [0.4, 0.5) is 0 Å². The molecule has 0 fully saturated rings. The van der Waals surface area contributed by atoms with Crippen molar-refractivity contribution in [1.82, 2.24) is 0 Å². The van der Waals surface area contributed by atoms with Crippen molar-refractivity contribution in [1.29, 1.82) is 0 Å². The Hall–Kier alpha value is -0.360. The SMILES string of the molecule is CC(C)(C)OS(=O)(=O)OS(=O)(=O)OCCCCCS(=O)(=O)OS(C)(=O)=O. The molecule has 0 aromatic rings. The second-order valence-corrected chi connectivity index (χ2v) is 12.1. The first kappa shape index (κ1) is 25.6. The van der Waals surface area contributed by atoms with Gasteiger partial charge in [0.25, 0.3) is 20.2 Å². The van der Waals surface area contributed by atoms with Crippen molar-refractivity contribution in [2.75, 3.05) is 18.6 Å². The van der Waals surface area contributed by atoms with Crippen molar-refractivity contribution in [3.05, 3.63) is 0 Å². The van der Waals surface area contributed by atoms with E-state index in [9.17, 15) is 33.7 Å². The number of hydrogen-bond acceptors (Lipinski definition) is 12. The molecule has 0 saturated heterocycles. The highest BCUT2D eigenvalue weighted by molar-refractivity contribution is 7.99. The van der Waals surface area contributed by atoms with E-state index in [-0.39, 0.29) is 19.3 Å². The molecule has 0 aliphatic heterocycles. The third-order valence-electron chi connectivity index (χ3n) is 2.01. The van der Waals surface area contributed by atoms with Gasteiger partial charge in [-0.15, -0.1) is 7.26 Å². The highest BCUT2D eigenvalue weighted by Gasteiger charge is 2.29. The Balaban J connectivity index is 4.29. The summed E-state index contributed by atoms with van der Waals surface area (Å²) in [5.41, 5.74) is -1.21. The van der Waals surface area contributed by atoms with Crippen LogP contribution in [0.5, 0.6) is 0 Å². The van der Waals surface area contributed by atoms with Crippen LogP contribution in [0.2, 0.25) is 0 Å². The predicted octanol–water partition coefficient (Wildman–Crippen LogP) is -0.199. The lowest BCUT2D eigenvalue weighted by Gasteiger charge is -2.17. The molecule has 0 amide bonds. The van der Waals surface area contributed by atoms with Crippen molar-refractivity contribution in [2.24, 2.45) is 0 Å². The van der Waals surface area contributed by atoms with E-state index < -0.39 is 59.0 Å². The van der Waals surface area contributed by atoms with Gasteiger partial charge in [0, 0.05) is 0 Å². The minimum atomic E-state index is -4.89. The lowest BCUT2D eigenvalue weighted by molar-refractivity contribution is 0.119. The van der Waals surface area contributed by atoms with E-state index in [1.807, 2.05) is 0 Å². The summed E-state index contributed by atoms with van der Waals surface area (Å²) >= 11 is 0. The van der Waals surface area contributed by atoms with E-state index in [2.05, 4.69) is 15.6 Å². The van der Waals surface area contributed by atoms with E-state index in [4.69, 9.17) is 0 Å². The molecule has 0 aromatic heterocycles. The second-order valence-electron chi connectivity index (χ2n) is 6.00. The summed E-state index contributed by atoms with van der Waals surface area (Å²) in [5, 5.41) is 0. The van der Waals surface area contributed by atoms with Crippen molar-refractivity contribution in [3.63, 3.8) is 0 Å². The summed E-state index contributed by atoms with van der Waals surface area (Å²) in [4.78, 5) is 0. The first-order valence-corrected chi connectivity index (χ1v) is 13.1. The minimum Gasteiger partial charge on any atom is -0.247 e. The van der Waals surface area contributed by atoms with Gasteiger partial charge in [-0.3, -0.25) is 0 Å². The Labute approximate surface area is 154 Å². The maximum Gasteiger partial charge on any atom is 0.416 e. The number of rotatable bonds is 12. The van der Waals surface area contributed by atoms with E-state index >= 15 is 0 Å². The third-order valence-corrected chi connectivity index (χ3v) is 7.11. The van der Waals surface area contributed by atoms with Crippen LogP contribution in [0.25, 0.3) is 0 Å². The average molecular weight is 463 g/mol. The van der Waals surface area contributed by atoms with E-state index in [0.29, 0.717) is 6.26 Å².